The van der Waals surface area contributed by atoms with Crippen molar-refractivity contribution in [3.05, 3.63) is 22.5 Å². The van der Waals surface area contributed by atoms with Crippen LogP contribution in [0.25, 0.3) is 0 Å². The molecule has 2 fully saturated rings. The van der Waals surface area contributed by atoms with E-state index >= 15 is 0 Å². The summed E-state index contributed by atoms with van der Waals surface area (Å²) in [6.07, 6.45) is 0.252. The first-order valence-corrected chi connectivity index (χ1v) is 7.23. The summed E-state index contributed by atoms with van der Waals surface area (Å²) in [6.45, 7) is 6.42. The van der Waals surface area contributed by atoms with Gasteiger partial charge in [-0.15, -0.1) is 0 Å². The third-order valence-corrected chi connectivity index (χ3v) is 3.88. The van der Waals surface area contributed by atoms with Gasteiger partial charge in [0.25, 0.3) is 0 Å². The number of hydrogen-bond donors (Lipinski definition) is 0. The molecule has 0 aromatic carbocycles. The van der Waals surface area contributed by atoms with Gasteiger partial charge in [0.15, 0.2) is 0 Å². The summed E-state index contributed by atoms with van der Waals surface area (Å²) in [6, 6.07) is 0. The minimum Gasteiger partial charge on any atom is -0.461 e. The molecule has 2 saturated heterocycles. The van der Waals surface area contributed by atoms with Crippen molar-refractivity contribution in [2.75, 3.05) is 32.8 Å². The van der Waals surface area contributed by atoms with E-state index in [0.29, 0.717) is 22.5 Å². The standard InChI is InChI=1S/C15H18N2O4/c1-3-11(18)21-8-10-13(17-6-7-17)14(19)9(2)12(15(10)20)16-4-5-16/h3-8H2,1-2H3. The normalized spacial score (nSPS) is 21.2. The minimum atomic E-state index is -0.368. The van der Waals surface area contributed by atoms with Crippen LogP contribution < -0.4 is 0 Å². The molecule has 0 saturated carbocycles. The monoisotopic (exact) mass is 290 g/mol. The molecule has 0 aromatic rings. The van der Waals surface area contributed by atoms with Crippen LogP contribution in [0.4, 0.5) is 0 Å². The van der Waals surface area contributed by atoms with Gasteiger partial charge in [0.05, 0.1) is 17.0 Å². The van der Waals surface area contributed by atoms with E-state index in [4.69, 9.17) is 4.74 Å². The predicted molar refractivity (Wildman–Crippen MR) is 74.1 cm³/mol. The van der Waals surface area contributed by atoms with Gasteiger partial charge in [-0.3, -0.25) is 14.4 Å². The second-order valence-corrected chi connectivity index (χ2v) is 5.45. The van der Waals surface area contributed by atoms with Crippen LogP contribution in [0.15, 0.2) is 22.5 Å². The SMILES string of the molecule is CCC(=O)OCC1=C(N2CC2)C(=O)C(C)=C(N2CC2)C1=O. The highest BCUT2D eigenvalue weighted by Gasteiger charge is 2.42. The van der Waals surface area contributed by atoms with Gasteiger partial charge in [-0.05, 0) is 6.92 Å². The maximum atomic E-state index is 12.7. The fraction of sp³-hybridized carbons (Fsp3) is 0.533. The molecular weight excluding hydrogens is 272 g/mol. The molecule has 0 amide bonds. The van der Waals surface area contributed by atoms with Crippen LogP contribution in [0, 0.1) is 0 Å². The van der Waals surface area contributed by atoms with E-state index < -0.39 is 0 Å². The maximum absolute atomic E-state index is 12.7. The van der Waals surface area contributed by atoms with Gasteiger partial charge in [0, 0.05) is 38.2 Å². The number of carbonyl (C=O) groups excluding carboxylic acids is 3. The molecule has 2 heterocycles. The highest BCUT2D eigenvalue weighted by Crippen LogP contribution is 2.33. The molecule has 2 aliphatic heterocycles. The number of nitrogens with zero attached hydrogens (tertiary/aromatic N) is 2. The van der Waals surface area contributed by atoms with Crippen molar-refractivity contribution in [1.29, 1.82) is 0 Å². The zero-order valence-corrected chi connectivity index (χ0v) is 12.3. The van der Waals surface area contributed by atoms with Crippen LogP contribution in [-0.4, -0.2) is 60.1 Å². The van der Waals surface area contributed by atoms with E-state index in [0.717, 1.165) is 26.2 Å². The third kappa shape index (κ3) is 2.46. The molecule has 0 aromatic heterocycles. The summed E-state index contributed by atoms with van der Waals surface area (Å²) in [5, 5.41) is 0. The molecule has 0 N–H and O–H groups in total. The number of hydrogen-bond acceptors (Lipinski definition) is 6. The lowest BCUT2D eigenvalue weighted by atomic mass is 9.91. The van der Waals surface area contributed by atoms with E-state index in [1.165, 1.54) is 0 Å². The molecular formula is C15H18N2O4. The first-order chi connectivity index (χ1) is 10.0. The number of carbonyl (C=O) groups is 3. The first-order valence-electron chi connectivity index (χ1n) is 7.23. The zero-order valence-electron chi connectivity index (χ0n) is 12.3. The summed E-state index contributed by atoms with van der Waals surface area (Å²) < 4.78 is 5.10. The fourth-order valence-corrected chi connectivity index (χ4v) is 2.49. The van der Waals surface area contributed by atoms with Gasteiger partial charge in [-0.25, -0.2) is 0 Å². The van der Waals surface area contributed by atoms with E-state index in [1.807, 2.05) is 9.80 Å². The molecule has 21 heavy (non-hydrogen) atoms. The number of ether oxygens (including phenoxy) is 1. The van der Waals surface area contributed by atoms with Gasteiger partial charge < -0.3 is 14.5 Å². The Morgan fingerprint density at radius 3 is 2.14 bits per heavy atom. The van der Waals surface area contributed by atoms with E-state index in [2.05, 4.69) is 0 Å². The van der Waals surface area contributed by atoms with Crippen molar-refractivity contribution in [3.63, 3.8) is 0 Å². The molecule has 6 nitrogen and oxygen atoms in total. The van der Waals surface area contributed by atoms with Crippen molar-refractivity contribution in [2.24, 2.45) is 0 Å². The Balaban J connectivity index is 1.92. The molecule has 0 unspecified atom stereocenters. The molecule has 3 rings (SSSR count). The Labute approximate surface area is 123 Å². The van der Waals surface area contributed by atoms with Crippen LogP contribution in [0.2, 0.25) is 0 Å². The second kappa shape index (κ2) is 5.02. The molecule has 0 spiro atoms. The zero-order chi connectivity index (χ0) is 15.1. The molecule has 0 radical (unpaired) electrons. The van der Waals surface area contributed by atoms with Crippen LogP contribution >= 0.6 is 0 Å². The lowest BCUT2D eigenvalue weighted by Crippen LogP contribution is -2.31. The smallest absolute Gasteiger partial charge is 0.305 e. The summed E-state index contributed by atoms with van der Waals surface area (Å²) in [7, 11) is 0. The van der Waals surface area contributed by atoms with Crippen molar-refractivity contribution < 1.29 is 19.1 Å². The third-order valence-electron chi connectivity index (χ3n) is 3.88. The van der Waals surface area contributed by atoms with Gasteiger partial charge >= 0.3 is 5.97 Å². The molecule has 3 aliphatic rings. The van der Waals surface area contributed by atoms with Gasteiger partial charge in [0.1, 0.15) is 6.61 Å². The Kier molecular flexibility index (Phi) is 3.31. The van der Waals surface area contributed by atoms with Crippen LogP contribution in [0.1, 0.15) is 20.3 Å². The summed E-state index contributed by atoms with van der Waals surface area (Å²) in [5.41, 5.74) is 1.73. The Morgan fingerprint density at radius 2 is 1.62 bits per heavy atom. The van der Waals surface area contributed by atoms with Crippen molar-refractivity contribution in [3.8, 4) is 0 Å². The summed E-state index contributed by atoms with van der Waals surface area (Å²) >= 11 is 0. The molecule has 1 aliphatic carbocycles. The Morgan fingerprint density at radius 1 is 1.05 bits per heavy atom. The van der Waals surface area contributed by atoms with Crippen LogP contribution in [0.3, 0.4) is 0 Å². The van der Waals surface area contributed by atoms with Crippen molar-refractivity contribution in [1.82, 2.24) is 9.80 Å². The van der Waals surface area contributed by atoms with Crippen LogP contribution in [0.5, 0.6) is 0 Å². The van der Waals surface area contributed by atoms with Gasteiger partial charge in [0.2, 0.25) is 11.6 Å². The Hall–Kier alpha value is -2.11. The van der Waals surface area contributed by atoms with Crippen molar-refractivity contribution in [2.45, 2.75) is 20.3 Å². The number of Topliss-reactive ketones (excluding diaryl/α,β-unsaturated/α-hetero) is 2. The van der Waals surface area contributed by atoms with Crippen molar-refractivity contribution >= 4 is 17.5 Å². The Bertz CT molecular complexity index is 595. The molecule has 6 heteroatoms. The number of allylic oxidation sites excluding steroid dienone is 2. The summed E-state index contributed by atoms with van der Waals surface area (Å²) in [5.74, 6) is -0.653. The number of rotatable bonds is 5. The largest absolute Gasteiger partial charge is 0.461 e. The topological polar surface area (TPSA) is 66.5 Å². The quantitative estimate of drug-likeness (QED) is 0.411. The molecule has 112 valence electrons. The lowest BCUT2D eigenvalue weighted by molar-refractivity contribution is -0.142. The number of ketones is 2. The highest BCUT2D eigenvalue weighted by molar-refractivity contribution is 6.25. The molecule has 0 atom stereocenters. The van der Waals surface area contributed by atoms with E-state index in [9.17, 15) is 14.4 Å². The lowest BCUT2D eigenvalue weighted by Gasteiger charge is -2.23. The average Bonchev–Trinajstić information content (AvgIpc) is 3.33. The van der Waals surface area contributed by atoms with E-state index in [1.54, 1.807) is 13.8 Å². The fourth-order valence-electron chi connectivity index (χ4n) is 2.49. The second-order valence-electron chi connectivity index (χ2n) is 5.45. The first kappa shape index (κ1) is 13.9. The van der Waals surface area contributed by atoms with Gasteiger partial charge in [-0.2, -0.15) is 0 Å². The predicted octanol–water partition coefficient (Wildman–Crippen LogP) is 0.251. The maximum Gasteiger partial charge on any atom is 0.305 e. The average molecular weight is 290 g/mol. The highest BCUT2D eigenvalue weighted by atomic mass is 16.5. The van der Waals surface area contributed by atoms with E-state index in [-0.39, 0.29) is 30.6 Å². The summed E-state index contributed by atoms with van der Waals surface area (Å²) in [4.78, 5) is 40.3. The van der Waals surface area contributed by atoms with Gasteiger partial charge in [-0.1, -0.05) is 6.92 Å². The molecule has 0 bridgehead atoms. The minimum absolute atomic E-state index is 0.114. The van der Waals surface area contributed by atoms with Crippen LogP contribution in [-0.2, 0) is 19.1 Å². The number of esters is 1.